The molecule has 0 bridgehead atoms. The molecule has 174 valence electrons. The van der Waals surface area contributed by atoms with Gasteiger partial charge in [0.15, 0.2) is 6.61 Å². The molecule has 0 aliphatic carbocycles. The van der Waals surface area contributed by atoms with Crippen LogP contribution in [0.4, 0.5) is 18.0 Å². The molecule has 2 aromatic rings. The Bertz CT molecular complexity index is 1080. The molecule has 0 saturated heterocycles. The van der Waals surface area contributed by atoms with Crippen molar-refractivity contribution in [3.8, 4) is 0 Å². The maximum absolute atomic E-state index is 12.8. The molecule has 1 aliphatic heterocycles. The molecule has 3 rings (SSSR count). The molecule has 9 nitrogen and oxygen atoms in total. The third kappa shape index (κ3) is 5.84. The third-order valence-electron chi connectivity index (χ3n) is 4.69. The summed E-state index contributed by atoms with van der Waals surface area (Å²) in [5.41, 5.74) is 0.761. The first-order valence-corrected chi connectivity index (χ1v) is 9.75. The fraction of sp³-hybridized carbons (Fsp3) is 0.286. The standard InChI is InChI=1S/C21H18F3N3O6/c22-21(23,24)11-25-20(32)26-15(28)10-33-16(29)8-3-9-27-18(30)13-6-1-4-12-5-2-7-14(17(12)13)19(27)31/h1-2,4-7H,3,8-11H2,(H2,25,26,28,32). The molecule has 12 heteroatoms. The number of rotatable bonds is 7. The highest BCUT2D eigenvalue weighted by molar-refractivity contribution is 6.25. The monoisotopic (exact) mass is 465 g/mol. The molecule has 0 aromatic heterocycles. The van der Waals surface area contributed by atoms with Crippen molar-refractivity contribution >= 4 is 40.5 Å². The summed E-state index contributed by atoms with van der Waals surface area (Å²) < 4.78 is 40.6. The minimum Gasteiger partial charge on any atom is -0.456 e. The maximum atomic E-state index is 12.8. The summed E-state index contributed by atoms with van der Waals surface area (Å²) >= 11 is 0. The zero-order valence-corrected chi connectivity index (χ0v) is 17.0. The van der Waals surface area contributed by atoms with Gasteiger partial charge in [-0.25, -0.2) is 4.79 Å². The van der Waals surface area contributed by atoms with Crippen LogP contribution in [0.3, 0.4) is 0 Å². The second-order valence-electron chi connectivity index (χ2n) is 7.08. The highest BCUT2D eigenvalue weighted by Crippen LogP contribution is 2.30. The molecule has 0 spiro atoms. The van der Waals surface area contributed by atoms with Crippen LogP contribution >= 0.6 is 0 Å². The number of halogens is 3. The smallest absolute Gasteiger partial charge is 0.405 e. The number of ether oxygens (including phenoxy) is 1. The summed E-state index contributed by atoms with van der Waals surface area (Å²) in [6.45, 7) is -2.57. The van der Waals surface area contributed by atoms with Crippen molar-refractivity contribution in [2.75, 3.05) is 19.7 Å². The van der Waals surface area contributed by atoms with Crippen LogP contribution in [0, 0.1) is 0 Å². The van der Waals surface area contributed by atoms with E-state index in [4.69, 9.17) is 0 Å². The first kappa shape index (κ1) is 23.7. The van der Waals surface area contributed by atoms with Gasteiger partial charge in [0, 0.05) is 29.5 Å². The number of esters is 1. The van der Waals surface area contributed by atoms with Gasteiger partial charge < -0.3 is 10.1 Å². The van der Waals surface area contributed by atoms with Crippen LogP contribution in [0.5, 0.6) is 0 Å². The fourth-order valence-corrected chi connectivity index (χ4v) is 3.27. The quantitative estimate of drug-likeness (QED) is 0.477. The van der Waals surface area contributed by atoms with Gasteiger partial charge >= 0.3 is 18.2 Å². The lowest BCUT2D eigenvalue weighted by Crippen LogP contribution is -2.44. The number of carbonyl (C=O) groups excluding carboxylic acids is 5. The van der Waals surface area contributed by atoms with Gasteiger partial charge in [-0.2, -0.15) is 13.2 Å². The van der Waals surface area contributed by atoms with Crippen LogP contribution in [0.1, 0.15) is 33.6 Å². The summed E-state index contributed by atoms with van der Waals surface area (Å²) in [5.74, 6) is -2.93. The van der Waals surface area contributed by atoms with E-state index >= 15 is 0 Å². The number of imide groups is 2. The van der Waals surface area contributed by atoms with Crippen molar-refractivity contribution < 1.29 is 41.9 Å². The molecule has 0 radical (unpaired) electrons. The zero-order chi connectivity index (χ0) is 24.2. The average molecular weight is 465 g/mol. The molecule has 1 heterocycles. The number of hydrogen-bond donors (Lipinski definition) is 2. The van der Waals surface area contributed by atoms with Gasteiger partial charge in [-0.1, -0.05) is 24.3 Å². The second-order valence-corrected chi connectivity index (χ2v) is 7.08. The number of benzene rings is 2. The Kier molecular flexibility index (Phi) is 6.95. The van der Waals surface area contributed by atoms with Crippen LogP contribution < -0.4 is 10.6 Å². The minimum absolute atomic E-state index is 0.0577. The lowest BCUT2D eigenvalue weighted by atomic mass is 9.94. The molecular formula is C21H18F3N3O6. The number of carbonyl (C=O) groups is 5. The molecule has 2 aromatic carbocycles. The minimum atomic E-state index is -4.64. The number of amides is 5. The van der Waals surface area contributed by atoms with E-state index in [1.54, 1.807) is 41.7 Å². The highest BCUT2D eigenvalue weighted by Gasteiger charge is 2.32. The third-order valence-corrected chi connectivity index (χ3v) is 4.69. The van der Waals surface area contributed by atoms with Gasteiger partial charge in [-0.15, -0.1) is 0 Å². The van der Waals surface area contributed by atoms with E-state index in [0.29, 0.717) is 16.5 Å². The van der Waals surface area contributed by atoms with Crippen LogP contribution in [0.15, 0.2) is 36.4 Å². The first-order chi connectivity index (χ1) is 15.6. The lowest BCUT2D eigenvalue weighted by molar-refractivity contribution is -0.148. The normalized spacial score (nSPS) is 13.1. The topological polar surface area (TPSA) is 122 Å². The van der Waals surface area contributed by atoms with Crippen molar-refractivity contribution in [1.82, 2.24) is 15.5 Å². The maximum Gasteiger partial charge on any atom is 0.405 e. The van der Waals surface area contributed by atoms with Crippen molar-refractivity contribution in [3.05, 3.63) is 47.5 Å². The van der Waals surface area contributed by atoms with Gasteiger partial charge in [-0.3, -0.25) is 29.4 Å². The van der Waals surface area contributed by atoms with E-state index in [1.165, 1.54) is 5.32 Å². The van der Waals surface area contributed by atoms with Crippen LogP contribution in [-0.2, 0) is 14.3 Å². The van der Waals surface area contributed by atoms with Crippen LogP contribution in [0.25, 0.3) is 10.8 Å². The Morgan fingerprint density at radius 2 is 1.58 bits per heavy atom. The molecule has 0 saturated carbocycles. The number of urea groups is 1. The molecule has 1 aliphatic rings. The molecule has 2 N–H and O–H groups in total. The Balaban J connectivity index is 1.45. The number of nitrogens with one attached hydrogen (secondary N) is 2. The van der Waals surface area contributed by atoms with E-state index in [0.717, 1.165) is 10.3 Å². The van der Waals surface area contributed by atoms with E-state index < -0.39 is 49.0 Å². The van der Waals surface area contributed by atoms with Gasteiger partial charge in [0.1, 0.15) is 6.54 Å². The SMILES string of the molecule is O=C(COC(=O)CCCN1C(=O)c2cccc3cccc(c23)C1=O)NC(=O)NCC(F)(F)F. The van der Waals surface area contributed by atoms with Gasteiger partial charge in [0.2, 0.25) is 0 Å². The van der Waals surface area contributed by atoms with E-state index in [1.807, 2.05) is 0 Å². The average Bonchev–Trinajstić information content (AvgIpc) is 2.76. The zero-order valence-electron chi connectivity index (χ0n) is 17.0. The van der Waals surface area contributed by atoms with E-state index in [2.05, 4.69) is 4.74 Å². The summed E-state index contributed by atoms with van der Waals surface area (Å²) in [6, 6.07) is 8.86. The Hall–Kier alpha value is -3.96. The van der Waals surface area contributed by atoms with Crippen molar-refractivity contribution in [3.63, 3.8) is 0 Å². The van der Waals surface area contributed by atoms with Crippen molar-refractivity contribution in [2.24, 2.45) is 0 Å². The van der Waals surface area contributed by atoms with Crippen LogP contribution in [-0.4, -0.2) is 60.5 Å². The predicted octanol–water partition coefficient (Wildman–Crippen LogP) is 2.15. The Morgan fingerprint density at radius 3 is 2.15 bits per heavy atom. The summed E-state index contributed by atoms with van der Waals surface area (Å²) in [6.07, 6.45) is -4.82. The Labute approximate surface area is 184 Å². The molecule has 0 atom stereocenters. The molecular weight excluding hydrogens is 447 g/mol. The number of alkyl halides is 3. The van der Waals surface area contributed by atoms with Crippen molar-refractivity contribution in [1.29, 1.82) is 0 Å². The number of nitrogens with zero attached hydrogens (tertiary/aromatic N) is 1. The largest absolute Gasteiger partial charge is 0.456 e. The van der Waals surface area contributed by atoms with E-state index in [9.17, 15) is 37.1 Å². The van der Waals surface area contributed by atoms with Gasteiger partial charge in [0.05, 0.1) is 0 Å². The predicted molar refractivity (Wildman–Crippen MR) is 107 cm³/mol. The Morgan fingerprint density at radius 1 is 0.970 bits per heavy atom. The lowest BCUT2D eigenvalue weighted by Gasteiger charge is -2.27. The molecule has 0 unspecified atom stereocenters. The summed E-state index contributed by atoms with van der Waals surface area (Å²) in [5, 5.41) is 4.35. The summed E-state index contributed by atoms with van der Waals surface area (Å²) in [7, 11) is 0. The van der Waals surface area contributed by atoms with E-state index in [-0.39, 0.29) is 19.4 Å². The first-order valence-electron chi connectivity index (χ1n) is 9.75. The summed E-state index contributed by atoms with van der Waals surface area (Å²) in [4.78, 5) is 61.0. The number of hydrogen-bond acceptors (Lipinski definition) is 6. The second kappa shape index (κ2) is 9.67. The van der Waals surface area contributed by atoms with Crippen LogP contribution in [0.2, 0.25) is 0 Å². The highest BCUT2D eigenvalue weighted by atomic mass is 19.4. The van der Waals surface area contributed by atoms with Crippen molar-refractivity contribution in [2.45, 2.75) is 19.0 Å². The molecule has 0 fully saturated rings. The van der Waals surface area contributed by atoms with Gasteiger partial charge in [-0.05, 0) is 23.9 Å². The molecule has 5 amide bonds. The molecule has 33 heavy (non-hydrogen) atoms. The fourth-order valence-electron chi connectivity index (χ4n) is 3.27. The van der Waals surface area contributed by atoms with Gasteiger partial charge in [0.25, 0.3) is 17.7 Å².